The predicted octanol–water partition coefficient (Wildman–Crippen LogP) is 0.530. The molecule has 0 fully saturated rings. The summed E-state index contributed by atoms with van der Waals surface area (Å²) >= 11 is 0. The van der Waals surface area contributed by atoms with E-state index in [4.69, 9.17) is 10.2 Å². The van der Waals surface area contributed by atoms with Crippen molar-refractivity contribution < 1.29 is 10.2 Å². The second kappa shape index (κ2) is 5.06. The summed E-state index contributed by atoms with van der Waals surface area (Å²) in [6.45, 7) is 2.11. The van der Waals surface area contributed by atoms with Crippen LogP contribution in [0.5, 0.6) is 0 Å². The van der Waals surface area contributed by atoms with Crippen LogP contribution in [0, 0.1) is 0 Å². The van der Waals surface area contributed by atoms with E-state index in [0.717, 1.165) is 12.8 Å². The molecular weight excluding hydrogens is 104 g/mol. The fourth-order valence-corrected chi connectivity index (χ4v) is 0.627. The van der Waals surface area contributed by atoms with Crippen LogP contribution >= 0.6 is 0 Å². The lowest BCUT2D eigenvalue weighted by molar-refractivity contribution is 0.124. The molecule has 2 N–H and O–H groups in total. The Kier molecular flexibility index (Phi) is 5.01. The van der Waals surface area contributed by atoms with Gasteiger partial charge in [0.1, 0.15) is 0 Å². The first kappa shape index (κ1) is 7.92. The topological polar surface area (TPSA) is 40.5 Å². The van der Waals surface area contributed by atoms with Gasteiger partial charge in [-0.05, 0) is 12.8 Å². The molecule has 0 radical (unpaired) electrons. The van der Waals surface area contributed by atoms with E-state index >= 15 is 0 Å². The molecule has 0 aliphatic carbocycles. The minimum Gasteiger partial charge on any atom is -0.396 e. The van der Waals surface area contributed by atoms with Crippen LogP contribution < -0.4 is 0 Å². The maximum absolute atomic E-state index is 8.89. The van der Waals surface area contributed by atoms with Gasteiger partial charge in [-0.1, -0.05) is 13.3 Å². The Labute approximate surface area is 50.2 Å². The Morgan fingerprint density at radius 2 is 2.00 bits per heavy atom. The first-order chi connectivity index (χ1) is 3.81. The van der Waals surface area contributed by atoms with Crippen LogP contribution in [0.4, 0.5) is 0 Å². The van der Waals surface area contributed by atoms with Crippen LogP contribution in [-0.4, -0.2) is 22.9 Å². The van der Waals surface area contributed by atoms with Crippen LogP contribution in [0.25, 0.3) is 0 Å². The SMILES string of the molecule is CCCC(O)CCO. The Morgan fingerprint density at radius 3 is 2.38 bits per heavy atom. The average molecular weight is 118 g/mol. The predicted molar refractivity (Wildman–Crippen MR) is 32.6 cm³/mol. The largest absolute Gasteiger partial charge is 0.396 e. The van der Waals surface area contributed by atoms with Crippen LogP contribution in [-0.2, 0) is 0 Å². The van der Waals surface area contributed by atoms with Crippen molar-refractivity contribution in [2.45, 2.75) is 32.3 Å². The molecule has 0 rings (SSSR count). The van der Waals surface area contributed by atoms with Crippen LogP contribution in [0.15, 0.2) is 0 Å². The highest BCUT2D eigenvalue weighted by atomic mass is 16.3. The third-order valence-electron chi connectivity index (χ3n) is 1.08. The Morgan fingerprint density at radius 1 is 1.38 bits per heavy atom. The normalized spacial score (nSPS) is 13.9. The fourth-order valence-electron chi connectivity index (χ4n) is 0.627. The number of rotatable bonds is 4. The van der Waals surface area contributed by atoms with Gasteiger partial charge >= 0.3 is 0 Å². The molecule has 2 nitrogen and oxygen atoms in total. The zero-order valence-electron chi connectivity index (χ0n) is 5.30. The van der Waals surface area contributed by atoms with Gasteiger partial charge in [-0.3, -0.25) is 0 Å². The van der Waals surface area contributed by atoms with E-state index in [1.54, 1.807) is 0 Å². The first-order valence-electron chi connectivity index (χ1n) is 3.10. The molecule has 0 bridgehead atoms. The number of aliphatic hydroxyl groups is 2. The summed E-state index contributed by atoms with van der Waals surface area (Å²) in [5.74, 6) is 0. The van der Waals surface area contributed by atoms with Crippen molar-refractivity contribution in [2.24, 2.45) is 0 Å². The summed E-state index contributed by atoms with van der Waals surface area (Å²) in [6, 6.07) is 0. The molecule has 8 heavy (non-hydrogen) atoms. The molecule has 1 atom stereocenters. The number of aliphatic hydroxyl groups excluding tert-OH is 2. The van der Waals surface area contributed by atoms with E-state index in [0.29, 0.717) is 6.42 Å². The smallest absolute Gasteiger partial charge is 0.0562 e. The molecule has 0 aliphatic heterocycles. The summed E-state index contributed by atoms with van der Waals surface area (Å²) in [4.78, 5) is 0. The van der Waals surface area contributed by atoms with Gasteiger partial charge in [-0.2, -0.15) is 0 Å². The highest BCUT2D eigenvalue weighted by Gasteiger charge is 1.98. The van der Waals surface area contributed by atoms with Crippen molar-refractivity contribution in [3.63, 3.8) is 0 Å². The van der Waals surface area contributed by atoms with Gasteiger partial charge in [0, 0.05) is 6.61 Å². The van der Waals surface area contributed by atoms with Crippen molar-refractivity contribution in [3.05, 3.63) is 0 Å². The molecule has 0 aliphatic rings. The fraction of sp³-hybridized carbons (Fsp3) is 1.00. The summed E-state index contributed by atoms with van der Waals surface area (Å²) in [5.41, 5.74) is 0. The Balaban J connectivity index is 2.92. The second-order valence-corrected chi connectivity index (χ2v) is 1.95. The van der Waals surface area contributed by atoms with E-state index in [-0.39, 0.29) is 12.7 Å². The van der Waals surface area contributed by atoms with Crippen molar-refractivity contribution >= 4 is 0 Å². The van der Waals surface area contributed by atoms with E-state index < -0.39 is 0 Å². The molecular formula is C6H14O2. The standard InChI is InChI=1S/C6H14O2/c1-2-3-6(8)4-5-7/h6-8H,2-5H2,1H3. The molecule has 2 heteroatoms. The molecule has 0 aromatic carbocycles. The lowest BCUT2D eigenvalue weighted by atomic mass is 10.2. The van der Waals surface area contributed by atoms with Crippen molar-refractivity contribution in [2.75, 3.05) is 6.61 Å². The van der Waals surface area contributed by atoms with Gasteiger partial charge in [0.05, 0.1) is 6.10 Å². The monoisotopic (exact) mass is 118 g/mol. The van der Waals surface area contributed by atoms with E-state index in [1.807, 2.05) is 6.92 Å². The van der Waals surface area contributed by atoms with Crippen molar-refractivity contribution in [3.8, 4) is 0 Å². The van der Waals surface area contributed by atoms with E-state index in [2.05, 4.69) is 0 Å². The lowest BCUT2D eigenvalue weighted by Gasteiger charge is -2.04. The third-order valence-corrected chi connectivity index (χ3v) is 1.08. The molecule has 1 unspecified atom stereocenters. The van der Waals surface area contributed by atoms with E-state index in [1.165, 1.54) is 0 Å². The highest BCUT2D eigenvalue weighted by Crippen LogP contribution is 1.98. The van der Waals surface area contributed by atoms with Crippen LogP contribution in [0.3, 0.4) is 0 Å². The average Bonchev–Trinajstić information content (AvgIpc) is 1.68. The number of hydrogen-bond acceptors (Lipinski definition) is 2. The third kappa shape index (κ3) is 4.09. The van der Waals surface area contributed by atoms with Gasteiger partial charge in [0.15, 0.2) is 0 Å². The van der Waals surface area contributed by atoms with Gasteiger partial charge < -0.3 is 10.2 Å². The molecule has 50 valence electrons. The summed E-state index contributed by atoms with van der Waals surface area (Å²) in [7, 11) is 0. The van der Waals surface area contributed by atoms with Gasteiger partial charge in [-0.15, -0.1) is 0 Å². The van der Waals surface area contributed by atoms with Crippen LogP contribution in [0.1, 0.15) is 26.2 Å². The zero-order chi connectivity index (χ0) is 6.41. The molecule has 0 spiro atoms. The minimum atomic E-state index is -0.287. The molecule has 0 amide bonds. The maximum Gasteiger partial charge on any atom is 0.0562 e. The zero-order valence-corrected chi connectivity index (χ0v) is 5.30. The molecule has 0 saturated carbocycles. The second-order valence-electron chi connectivity index (χ2n) is 1.95. The molecule has 0 aromatic heterocycles. The molecule has 0 aromatic rings. The van der Waals surface area contributed by atoms with E-state index in [9.17, 15) is 0 Å². The Bertz CT molecular complexity index is 39.8. The van der Waals surface area contributed by atoms with Crippen molar-refractivity contribution in [1.29, 1.82) is 0 Å². The maximum atomic E-state index is 8.89. The lowest BCUT2D eigenvalue weighted by Crippen LogP contribution is -2.07. The highest BCUT2D eigenvalue weighted by molar-refractivity contribution is 4.51. The summed E-state index contributed by atoms with van der Waals surface area (Å²) in [6.07, 6.45) is 2.03. The van der Waals surface area contributed by atoms with Crippen molar-refractivity contribution in [1.82, 2.24) is 0 Å². The van der Waals surface area contributed by atoms with Crippen LogP contribution in [0.2, 0.25) is 0 Å². The van der Waals surface area contributed by atoms with Gasteiger partial charge in [0.2, 0.25) is 0 Å². The Hall–Kier alpha value is -0.0800. The van der Waals surface area contributed by atoms with Gasteiger partial charge in [-0.25, -0.2) is 0 Å². The number of hydrogen-bond donors (Lipinski definition) is 2. The summed E-state index contributed by atoms with van der Waals surface area (Å²) in [5, 5.41) is 17.2. The van der Waals surface area contributed by atoms with Gasteiger partial charge in [0.25, 0.3) is 0 Å². The first-order valence-corrected chi connectivity index (χ1v) is 3.10. The summed E-state index contributed by atoms with van der Waals surface area (Å²) < 4.78 is 0. The quantitative estimate of drug-likeness (QED) is 0.565. The molecule has 0 heterocycles. The minimum absolute atomic E-state index is 0.0984. The molecule has 0 saturated heterocycles.